The third-order valence-electron chi connectivity index (χ3n) is 4.25. The fraction of sp³-hybridized carbons (Fsp3) is 0.600. The molecule has 0 saturated heterocycles. The van der Waals surface area contributed by atoms with Gasteiger partial charge in [-0.25, -0.2) is 0 Å². The molecule has 3 nitrogen and oxygen atoms in total. The van der Waals surface area contributed by atoms with Gasteiger partial charge in [0.2, 0.25) is 0 Å². The molecule has 1 aliphatic carbocycles. The normalized spacial score (nSPS) is 24.3. The van der Waals surface area contributed by atoms with Gasteiger partial charge < -0.3 is 15.2 Å². The maximum Gasteiger partial charge on any atom is 0.133 e. The highest BCUT2D eigenvalue weighted by Crippen LogP contribution is 2.43. The molecule has 4 heteroatoms. The molecule has 19 heavy (non-hydrogen) atoms. The number of hydrogen-bond acceptors (Lipinski definition) is 3. The summed E-state index contributed by atoms with van der Waals surface area (Å²) in [6.07, 6.45) is 3.74. The molecule has 2 N–H and O–H groups in total. The largest absolute Gasteiger partial charge is 0.496 e. The maximum absolute atomic E-state index is 6.49. The minimum Gasteiger partial charge on any atom is -0.496 e. The van der Waals surface area contributed by atoms with Crippen LogP contribution in [0.3, 0.4) is 0 Å². The summed E-state index contributed by atoms with van der Waals surface area (Å²) < 4.78 is 11.7. The number of nitrogens with two attached hydrogens (primary N) is 1. The lowest BCUT2D eigenvalue weighted by Crippen LogP contribution is -2.24. The van der Waals surface area contributed by atoms with Crippen molar-refractivity contribution in [3.8, 4) is 11.5 Å². The fourth-order valence-corrected chi connectivity index (χ4v) is 3.57. The van der Waals surface area contributed by atoms with Crippen LogP contribution in [0.1, 0.15) is 37.8 Å². The van der Waals surface area contributed by atoms with E-state index in [1.165, 1.54) is 19.3 Å². The van der Waals surface area contributed by atoms with Crippen LogP contribution < -0.4 is 15.2 Å². The smallest absolute Gasteiger partial charge is 0.133 e. The summed E-state index contributed by atoms with van der Waals surface area (Å²) in [6, 6.07) is 3.95. The molecule has 0 heterocycles. The lowest BCUT2D eigenvalue weighted by molar-refractivity contribution is 0.334. The monoisotopic (exact) mass is 327 g/mol. The molecule has 0 radical (unpaired) electrons. The van der Waals surface area contributed by atoms with E-state index in [4.69, 9.17) is 15.2 Å². The van der Waals surface area contributed by atoms with Gasteiger partial charge in [0, 0.05) is 11.6 Å². The van der Waals surface area contributed by atoms with Crippen LogP contribution in [0.4, 0.5) is 0 Å². The molecule has 0 spiro atoms. The molecular formula is C15H22BrNO2. The van der Waals surface area contributed by atoms with Crippen molar-refractivity contribution in [2.45, 2.75) is 32.2 Å². The number of hydrogen-bond donors (Lipinski definition) is 1. The second kappa shape index (κ2) is 6.14. The van der Waals surface area contributed by atoms with E-state index in [1.807, 2.05) is 12.1 Å². The van der Waals surface area contributed by atoms with Gasteiger partial charge in [-0.15, -0.1) is 0 Å². The molecule has 0 aliphatic heterocycles. The highest BCUT2D eigenvalue weighted by Gasteiger charge is 2.31. The molecule has 3 unspecified atom stereocenters. The Morgan fingerprint density at radius 3 is 2.42 bits per heavy atom. The molecule has 1 fully saturated rings. The molecule has 1 aromatic carbocycles. The summed E-state index contributed by atoms with van der Waals surface area (Å²) >= 11 is 3.48. The second-order valence-electron chi connectivity index (χ2n) is 5.33. The average Bonchev–Trinajstić information content (AvgIpc) is 2.83. The van der Waals surface area contributed by atoms with E-state index >= 15 is 0 Å². The summed E-state index contributed by atoms with van der Waals surface area (Å²) in [7, 11) is 3.35. The van der Waals surface area contributed by atoms with Crippen LogP contribution in [0.15, 0.2) is 16.6 Å². The zero-order valence-electron chi connectivity index (χ0n) is 11.8. The Labute approximate surface area is 123 Å². The number of methoxy groups -OCH3 is 2. The minimum absolute atomic E-state index is 0.00875. The maximum atomic E-state index is 6.49. The summed E-state index contributed by atoms with van der Waals surface area (Å²) in [5.41, 5.74) is 7.53. The zero-order chi connectivity index (χ0) is 14.0. The number of benzene rings is 1. The molecule has 3 atom stereocenters. The predicted molar refractivity (Wildman–Crippen MR) is 80.7 cm³/mol. The zero-order valence-corrected chi connectivity index (χ0v) is 13.4. The average molecular weight is 328 g/mol. The van der Waals surface area contributed by atoms with Gasteiger partial charge >= 0.3 is 0 Å². The summed E-state index contributed by atoms with van der Waals surface area (Å²) in [6.45, 7) is 2.29. The fourth-order valence-electron chi connectivity index (χ4n) is 3.08. The topological polar surface area (TPSA) is 44.5 Å². The van der Waals surface area contributed by atoms with Crippen LogP contribution in [0.5, 0.6) is 11.5 Å². The van der Waals surface area contributed by atoms with Crippen molar-refractivity contribution in [2.75, 3.05) is 14.2 Å². The van der Waals surface area contributed by atoms with Gasteiger partial charge in [-0.05, 0) is 46.3 Å². The molecule has 0 amide bonds. The van der Waals surface area contributed by atoms with Gasteiger partial charge in [0.25, 0.3) is 0 Å². The molecule has 106 valence electrons. The molecule has 1 aliphatic rings. The minimum atomic E-state index is 0.00875. The van der Waals surface area contributed by atoms with Crippen molar-refractivity contribution in [1.82, 2.24) is 0 Å². The Morgan fingerprint density at radius 1 is 1.21 bits per heavy atom. The van der Waals surface area contributed by atoms with Gasteiger partial charge in [-0.3, -0.25) is 0 Å². The third kappa shape index (κ3) is 2.90. The SMILES string of the molecule is COc1cc(C(N)C2CCCC2C)c(OC)cc1Br. The van der Waals surface area contributed by atoms with E-state index in [0.717, 1.165) is 21.5 Å². The Hall–Kier alpha value is -0.740. The van der Waals surface area contributed by atoms with Crippen LogP contribution in [-0.4, -0.2) is 14.2 Å². The van der Waals surface area contributed by atoms with Crippen molar-refractivity contribution in [1.29, 1.82) is 0 Å². The van der Waals surface area contributed by atoms with Crippen molar-refractivity contribution in [3.05, 3.63) is 22.2 Å². The van der Waals surface area contributed by atoms with Crippen molar-refractivity contribution in [3.63, 3.8) is 0 Å². The van der Waals surface area contributed by atoms with Crippen LogP contribution in [0.2, 0.25) is 0 Å². The van der Waals surface area contributed by atoms with Gasteiger partial charge in [-0.1, -0.05) is 19.8 Å². The van der Waals surface area contributed by atoms with E-state index in [2.05, 4.69) is 22.9 Å². The van der Waals surface area contributed by atoms with E-state index in [-0.39, 0.29) is 6.04 Å². The van der Waals surface area contributed by atoms with Gasteiger partial charge in [0.05, 0.1) is 18.7 Å². The Kier molecular flexibility index (Phi) is 4.74. The standard InChI is InChI=1S/C15H22BrNO2/c1-9-5-4-6-10(9)15(17)11-7-14(19-3)12(16)8-13(11)18-2/h7-10,15H,4-6,17H2,1-3H3. The Morgan fingerprint density at radius 2 is 1.89 bits per heavy atom. The van der Waals surface area contributed by atoms with Crippen molar-refractivity contribution >= 4 is 15.9 Å². The van der Waals surface area contributed by atoms with Gasteiger partial charge in [-0.2, -0.15) is 0 Å². The van der Waals surface area contributed by atoms with E-state index in [9.17, 15) is 0 Å². The first kappa shape index (κ1) is 14.7. The summed E-state index contributed by atoms with van der Waals surface area (Å²) in [5.74, 6) is 2.84. The van der Waals surface area contributed by atoms with Gasteiger partial charge in [0.15, 0.2) is 0 Å². The molecule has 0 bridgehead atoms. The summed E-state index contributed by atoms with van der Waals surface area (Å²) in [5, 5.41) is 0. The molecule has 0 aromatic heterocycles. The predicted octanol–water partition coefficient (Wildman–Crippen LogP) is 3.90. The number of rotatable bonds is 4. The molecule has 2 rings (SSSR count). The first-order chi connectivity index (χ1) is 9.08. The van der Waals surface area contributed by atoms with Gasteiger partial charge in [0.1, 0.15) is 11.5 Å². The number of ether oxygens (including phenoxy) is 2. The van der Waals surface area contributed by atoms with Crippen LogP contribution >= 0.6 is 15.9 Å². The lowest BCUT2D eigenvalue weighted by Gasteiger charge is -2.25. The quantitative estimate of drug-likeness (QED) is 0.912. The van der Waals surface area contributed by atoms with E-state index in [1.54, 1.807) is 14.2 Å². The third-order valence-corrected chi connectivity index (χ3v) is 4.87. The highest BCUT2D eigenvalue weighted by molar-refractivity contribution is 9.10. The van der Waals surface area contributed by atoms with Crippen molar-refractivity contribution < 1.29 is 9.47 Å². The molecule has 1 saturated carbocycles. The Balaban J connectivity index is 2.36. The summed E-state index contributed by atoms with van der Waals surface area (Å²) in [4.78, 5) is 0. The van der Waals surface area contributed by atoms with Crippen LogP contribution in [-0.2, 0) is 0 Å². The highest BCUT2D eigenvalue weighted by atomic mass is 79.9. The van der Waals surface area contributed by atoms with E-state index < -0.39 is 0 Å². The van der Waals surface area contributed by atoms with Crippen LogP contribution in [0.25, 0.3) is 0 Å². The lowest BCUT2D eigenvalue weighted by atomic mass is 9.86. The second-order valence-corrected chi connectivity index (χ2v) is 6.18. The van der Waals surface area contributed by atoms with Crippen molar-refractivity contribution in [2.24, 2.45) is 17.6 Å². The Bertz CT molecular complexity index is 450. The van der Waals surface area contributed by atoms with E-state index in [0.29, 0.717) is 11.8 Å². The molecule has 1 aromatic rings. The van der Waals surface area contributed by atoms with Crippen LogP contribution in [0, 0.1) is 11.8 Å². The number of halogens is 1. The molecular weight excluding hydrogens is 306 g/mol. The first-order valence-electron chi connectivity index (χ1n) is 6.75. The first-order valence-corrected chi connectivity index (χ1v) is 7.54.